The lowest BCUT2D eigenvalue weighted by atomic mass is 9.63. The van der Waals surface area contributed by atoms with E-state index >= 15 is 0 Å². The fourth-order valence-corrected chi connectivity index (χ4v) is 6.36. The summed E-state index contributed by atoms with van der Waals surface area (Å²) < 4.78 is 8.93. The number of hydrogen-bond donors (Lipinski definition) is 0. The first kappa shape index (κ1) is 23.2. The molecular weight excluding hydrogens is 440 g/mol. The number of aryl methyl sites for hydroxylation is 2. The van der Waals surface area contributed by atoms with Crippen LogP contribution in [0.4, 0.5) is 0 Å². The van der Waals surface area contributed by atoms with Gasteiger partial charge in [-0.15, -0.1) is 0 Å². The van der Waals surface area contributed by atoms with E-state index in [9.17, 15) is 0 Å². The summed E-state index contributed by atoms with van der Waals surface area (Å²) in [5.41, 5.74) is 9.61. The highest BCUT2D eigenvalue weighted by Gasteiger charge is 2.40. The van der Waals surface area contributed by atoms with Gasteiger partial charge in [-0.25, -0.2) is 9.55 Å². The predicted molar refractivity (Wildman–Crippen MR) is 150 cm³/mol. The first-order chi connectivity index (χ1) is 17.0. The first-order valence-electron chi connectivity index (χ1n) is 13.3. The molecule has 36 heavy (non-hydrogen) atoms. The molecule has 0 saturated carbocycles. The van der Waals surface area contributed by atoms with E-state index in [-0.39, 0.29) is 10.8 Å². The van der Waals surface area contributed by atoms with Crippen molar-refractivity contribution in [3.05, 3.63) is 71.0 Å². The predicted octanol–water partition coefficient (Wildman–Crippen LogP) is 8.41. The van der Waals surface area contributed by atoms with E-state index in [1.807, 2.05) is 0 Å². The van der Waals surface area contributed by atoms with Gasteiger partial charge < -0.3 is 4.42 Å². The summed E-state index contributed by atoms with van der Waals surface area (Å²) >= 11 is 0. The minimum absolute atomic E-state index is 0.0747. The topological polar surface area (TPSA) is 29.9 Å². The summed E-state index contributed by atoms with van der Waals surface area (Å²) in [4.78, 5) is 4.90. The van der Waals surface area contributed by atoms with Gasteiger partial charge in [-0.05, 0) is 70.2 Å². The van der Waals surface area contributed by atoms with Crippen LogP contribution in [0.1, 0.15) is 82.6 Å². The van der Waals surface area contributed by atoms with Crippen molar-refractivity contribution in [1.29, 1.82) is 0 Å². The molecule has 0 spiro atoms. The van der Waals surface area contributed by atoms with Crippen LogP contribution in [0.3, 0.4) is 0 Å². The quantitative estimate of drug-likeness (QED) is 0.239. The first-order valence-corrected chi connectivity index (χ1v) is 13.3. The molecule has 1 aliphatic rings. The van der Waals surface area contributed by atoms with Crippen LogP contribution in [0.5, 0.6) is 0 Å². The monoisotopic (exact) mass is 477 g/mol. The normalized spacial score (nSPS) is 16.8. The Bertz CT molecular complexity index is 1680. The lowest BCUT2D eigenvalue weighted by Crippen LogP contribution is -2.34. The molecule has 0 N–H and O–H groups in total. The van der Waals surface area contributed by atoms with Crippen LogP contribution >= 0.6 is 0 Å². The maximum absolute atomic E-state index is 6.69. The smallest absolute Gasteiger partial charge is 0.227 e. The second-order valence-electron chi connectivity index (χ2n) is 12.5. The third-order valence-corrected chi connectivity index (χ3v) is 8.72. The molecule has 0 radical (unpaired) electrons. The van der Waals surface area contributed by atoms with Gasteiger partial charge in [-0.3, -0.25) is 0 Å². The maximum atomic E-state index is 6.69. The third-order valence-electron chi connectivity index (χ3n) is 8.72. The van der Waals surface area contributed by atoms with Crippen LogP contribution in [0.2, 0.25) is 0 Å². The Morgan fingerprint density at radius 1 is 0.944 bits per heavy atom. The number of pyridine rings is 2. The molecule has 1 aliphatic carbocycles. The second kappa shape index (κ2) is 7.65. The standard InChI is InChI=1S/C33H37N2O/c1-19(2)21-10-12-23-22(17-21)13-16-35(8)29(23)26-20(3)9-11-24-27-28-25(18-34-31(27)36-30(24)26)32(4,5)14-15-33(28,6)7/h9-13,16-19H,14-15H2,1-8H3/q+1. The summed E-state index contributed by atoms with van der Waals surface area (Å²) in [6.45, 7) is 16.2. The molecule has 5 aromatic rings. The Morgan fingerprint density at radius 2 is 1.67 bits per heavy atom. The van der Waals surface area contributed by atoms with Crippen LogP contribution in [0, 0.1) is 6.92 Å². The molecule has 0 fully saturated rings. The van der Waals surface area contributed by atoms with Gasteiger partial charge in [0, 0.05) is 17.6 Å². The molecule has 3 aromatic heterocycles. The Labute approximate surface area is 214 Å². The largest absolute Gasteiger partial charge is 0.437 e. The maximum Gasteiger partial charge on any atom is 0.227 e. The average molecular weight is 478 g/mol. The zero-order valence-electron chi connectivity index (χ0n) is 22.9. The van der Waals surface area contributed by atoms with Crippen molar-refractivity contribution < 1.29 is 8.98 Å². The highest BCUT2D eigenvalue weighted by Crippen LogP contribution is 2.50. The lowest BCUT2D eigenvalue weighted by Gasteiger charge is -2.41. The molecule has 6 rings (SSSR count). The summed E-state index contributed by atoms with van der Waals surface area (Å²) in [6.07, 6.45) is 6.59. The highest BCUT2D eigenvalue weighted by molar-refractivity contribution is 6.12. The van der Waals surface area contributed by atoms with Gasteiger partial charge in [-0.1, -0.05) is 65.8 Å². The van der Waals surface area contributed by atoms with E-state index in [4.69, 9.17) is 9.40 Å². The molecule has 3 heterocycles. The Hall–Kier alpha value is -3.20. The van der Waals surface area contributed by atoms with Crippen molar-refractivity contribution in [3.8, 4) is 11.3 Å². The number of fused-ring (bicyclic) bond motifs is 6. The molecule has 3 nitrogen and oxygen atoms in total. The van der Waals surface area contributed by atoms with Crippen molar-refractivity contribution in [1.82, 2.24) is 4.98 Å². The van der Waals surface area contributed by atoms with Gasteiger partial charge in [0.15, 0.2) is 11.8 Å². The molecule has 0 atom stereocenters. The molecule has 0 unspecified atom stereocenters. The van der Waals surface area contributed by atoms with Crippen molar-refractivity contribution in [2.75, 3.05) is 0 Å². The minimum Gasteiger partial charge on any atom is -0.437 e. The zero-order chi connectivity index (χ0) is 25.6. The number of rotatable bonds is 2. The van der Waals surface area contributed by atoms with E-state index in [1.54, 1.807) is 0 Å². The molecule has 0 amide bonds. The molecular formula is C33H37N2O+. The van der Waals surface area contributed by atoms with Gasteiger partial charge in [0.25, 0.3) is 0 Å². The number of aromatic nitrogens is 2. The van der Waals surface area contributed by atoms with Crippen LogP contribution < -0.4 is 4.57 Å². The summed E-state index contributed by atoms with van der Waals surface area (Å²) in [5.74, 6) is 0.497. The van der Waals surface area contributed by atoms with E-state index < -0.39 is 0 Å². The van der Waals surface area contributed by atoms with Gasteiger partial charge in [0.1, 0.15) is 7.05 Å². The zero-order valence-corrected chi connectivity index (χ0v) is 22.9. The molecule has 184 valence electrons. The van der Waals surface area contributed by atoms with Crippen LogP contribution in [-0.2, 0) is 17.9 Å². The van der Waals surface area contributed by atoms with Crippen molar-refractivity contribution in [2.24, 2.45) is 7.05 Å². The summed E-state index contributed by atoms with van der Waals surface area (Å²) in [5, 5.41) is 4.89. The van der Waals surface area contributed by atoms with E-state index in [0.29, 0.717) is 5.92 Å². The summed E-state index contributed by atoms with van der Waals surface area (Å²) in [6, 6.07) is 13.6. The molecule has 3 heteroatoms. The number of nitrogens with zero attached hydrogens (tertiary/aromatic N) is 2. The van der Waals surface area contributed by atoms with Crippen LogP contribution in [-0.4, -0.2) is 4.98 Å². The highest BCUT2D eigenvalue weighted by atomic mass is 16.3. The van der Waals surface area contributed by atoms with Crippen molar-refractivity contribution in [2.45, 2.75) is 78.1 Å². The van der Waals surface area contributed by atoms with Crippen LogP contribution in [0.15, 0.2) is 53.2 Å². The Balaban J connectivity index is 1.73. The van der Waals surface area contributed by atoms with E-state index in [1.165, 1.54) is 55.9 Å². The second-order valence-corrected chi connectivity index (χ2v) is 12.5. The average Bonchev–Trinajstić information content (AvgIpc) is 3.20. The molecule has 0 saturated heterocycles. The fourth-order valence-electron chi connectivity index (χ4n) is 6.36. The molecule has 0 bridgehead atoms. The molecule has 0 aliphatic heterocycles. The van der Waals surface area contributed by atoms with Gasteiger partial charge >= 0.3 is 0 Å². The Kier molecular flexibility index (Phi) is 4.93. The Morgan fingerprint density at radius 3 is 2.42 bits per heavy atom. The summed E-state index contributed by atoms with van der Waals surface area (Å²) in [7, 11) is 2.14. The van der Waals surface area contributed by atoms with Gasteiger partial charge in [0.2, 0.25) is 11.4 Å². The number of benzene rings is 2. The van der Waals surface area contributed by atoms with Gasteiger partial charge in [0.05, 0.1) is 16.3 Å². The minimum atomic E-state index is 0.0747. The van der Waals surface area contributed by atoms with Crippen molar-refractivity contribution >= 4 is 32.8 Å². The molecule has 2 aromatic carbocycles. The third kappa shape index (κ3) is 3.25. The van der Waals surface area contributed by atoms with Gasteiger partial charge in [-0.2, -0.15) is 0 Å². The number of hydrogen-bond acceptors (Lipinski definition) is 2. The van der Waals surface area contributed by atoms with E-state index in [2.05, 4.69) is 109 Å². The van der Waals surface area contributed by atoms with E-state index in [0.717, 1.165) is 23.3 Å². The lowest BCUT2D eigenvalue weighted by molar-refractivity contribution is -0.659. The van der Waals surface area contributed by atoms with Crippen molar-refractivity contribution in [3.63, 3.8) is 0 Å². The van der Waals surface area contributed by atoms with Crippen LogP contribution in [0.25, 0.3) is 44.1 Å². The SMILES string of the molecule is Cc1ccc2c(oc3ncc4c(c32)C(C)(C)CCC4(C)C)c1-c1c2ccc(C(C)C)cc2cc[n+]1C. The fraction of sp³-hybridized carbons (Fsp3) is 0.394. The number of furan rings is 1.